The van der Waals surface area contributed by atoms with E-state index in [2.05, 4.69) is 19.2 Å². The number of methoxy groups -OCH3 is 1. The Hall–Kier alpha value is -1.17. The van der Waals surface area contributed by atoms with E-state index in [0.29, 0.717) is 47.1 Å². The van der Waals surface area contributed by atoms with Crippen LogP contribution < -0.4 is 20.5 Å². The van der Waals surface area contributed by atoms with Gasteiger partial charge in [-0.15, -0.1) is 12.4 Å². The highest BCUT2D eigenvalue weighted by Crippen LogP contribution is 2.37. The Morgan fingerprint density at radius 1 is 1.40 bits per heavy atom. The highest BCUT2D eigenvalue weighted by Gasteiger charge is 2.28. The number of hydrogen-bond acceptors (Lipinski definition) is 4. The lowest BCUT2D eigenvalue weighted by Gasteiger charge is -2.20. The zero-order chi connectivity index (χ0) is 17.7. The summed E-state index contributed by atoms with van der Waals surface area (Å²) in [7, 11) is 1.54. The first-order valence-corrected chi connectivity index (χ1v) is 8.85. The van der Waals surface area contributed by atoms with E-state index in [1.165, 1.54) is 7.11 Å². The predicted octanol–water partition coefficient (Wildman–Crippen LogP) is 3.66. The molecular weight excluding hydrogens is 363 g/mol. The molecule has 5 nitrogen and oxygen atoms in total. The van der Waals surface area contributed by atoms with E-state index in [1.54, 1.807) is 12.1 Å². The number of carbonyl (C=O) groups excluding carboxylic acids is 1. The maximum absolute atomic E-state index is 12.6. The molecule has 2 atom stereocenters. The molecule has 1 fully saturated rings. The predicted molar refractivity (Wildman–Crippen MR) is 103 cm³/mol. The molecule has 1 saturated carbocycles. The smallest absolute Gasteiger partial charge is 0.251 e. The summed E-state index contributed by atoms with van der Waals surface area (Å²) in [5.41, 5.74) is 6.25. The SMILES string of the molecule is COc1cc(C(=O)NC2CCCC2CN)cc(Cl)c1OCC(C)C.Cl. The molecule has 1 aliphatic rings. The topological polar surface area (TPSA) is 73.6 Å². The molecule has 2 unspecified atom stereocenters. The van der Waals surface area contributed by atoms with Crippen molar-refractivity contribution in [2.24, 2.45) is 17.6 Å². The van der Waals surface area contributed by atoms with Crippen LogP contribution in [0.25, 0.3) is 0 Å². The first kappa shape index (κ1) is 21.9. The second-order valence-electron chi connectivity index (χ2n) is 6.70. The number of ether oxygens (including phenoxy) is 2. The second-order valence-corrected chi connectivity index (χ2v) is 7.11. The average Bonchev–Trinajstić information content (AvgIpc) is 2.99. The summed E-state index contributed by atoms with van der Waals surface area (Å²) in [6, 6.07) is 3.43. The van der Waals surface area contributed by atoms with Gasteiger partial charge in [0.15, 0.2) is 11.5 Å². The number of nitrogens with two attached hydrogens (primary N) is 1. The van der Waals surface area contributed by atoms with E-state index in [1.807, 2.05) is 0 Å². The number of halogens is 2. The summed E-state index contributed by atoms with van der Waals surface area (Å²) in [5, 5.41) is 3.45. The number of nitrogens with one attached hydrogen (secondary N) is 1. The van der Waals surface area contributed by atoms with Gasteiger partial charge in [-0.25, -0.2) is 0 Å². The van der Waals surface area contributed by atoms with Crippen LogP contribution in [-0.2, 0) is 0 Å². The summed E-state index contributed by atoms with van der Waals surface area (Å²) in [6.07, 6.45) is 3.13. The fraction of sp³-hybridized carbons (Fsp3) is 0.611. The number of carbonyl (C=O) groups is 1. The molecule has 0 bridgehead atoms. The van der Waals surface area contributed by atoms with Crippen molar-refractivity contribution >= 4 is 29.9 Å². The van der Waals surface area contributed by atoms with Crippen molar-refractivity contribution in [1.82, 2.24) is 5.32 Å². The largest absolute Gasteiger partial charge is 0.493 e. The zero-order valence-corrected chi connectivity index (χ0v) is 16.6. The van der Waals surface area contributed by atoms with Gasteiger partial charge in [0.05, 0.1) is 18.7 Å². The normalized spacial score (nSPS) is 19.4. The van der Waals surface area contributed by atoms with E-state index >= 15 is 0 Å². The highest BCUT2D eigenvalue weighted by atomic mass is 35.5. The van der Waals surface area contributed by atoms with Crippen LogP contribution in [0, 0.1) is 11.8 Å². The maximum atomic E-state index is 12.6. The molecule has 1 aliphatic carbocycles. The fourth-order valence-electron chi connectivity index (χ4n) is 3.00. The lowest BCUT2D eigenvalue weighted by Crippen LogP contribution is -2.39. The van der Waals surface area contributed by atoms with Gasteiger partial charge in [0, 0.05) is 11.6 Å². The van der Waals surface area contributed by atoms with Crippen molar-refractivity contribution in [3.63, 3.8) is 0 Å². The molecular formula is C18H28Cl2N2O3. The van der Waals surface area contributed by atoms with Crippen LogP contribution in [0.1, 0.15) is 43.5 Å². The minimum Gasteiger partial charge on any atom is -0.493 e. The number of benzene rings is 1. The molecule has 0 saturated heterocycles. The number of rotatable bonds is 7. The van der Waals surface area contributed by atoms with Gasteiger partial charge in [0.25, 0.3) is 5.91 Å². The Labute approximate surface area is 161 Å². The first-order chi connectivity index (χ1) is 11.5. The molecule has 0 heterocycles. The van der Waals surface area contributed by atoms with Crippen molar-refractivity contribution in [3.05, 3.63) is 22.7 Å². The van der Waals surface area contributed by atoms with Gasteiger partial charge in [-0.2, -0.15) is 0 Å². The molecule has 3 N–H and O–H groups in total. The number of amides is 1. The molecule has 1 aromatic rings. The van der Waals surface area contributed by atoms with E-state index < -0.39 is 0 Å². The molecule has 2 rings (SSSR count). The lowest BCUT2D eigenvalue weighted by atomic mass is 10.0. The van der Waals surface area contributed by atoms with Crippen molar-refractivity contribution in [2.75, 3.05) is 20.3 Å². The highest BCUT2D eigenvalue weighted by molar-refractivity contribution is 6.32. The molecule has 1 aromatic carbocycles. The van der Waals surface area contributed by atoms with Gasteiger partial charge in [-0.1, -0.05) is 31.9 Å². The van der Waals surface area contributed by atoms with Crippen LogP contribution in [-0.4, -0.2) is 32.2 Å². The van der Waals surface area contributed by atoms with Crippen LogP contribution in [0.4, 0.5) is 0 Å². The third-order valence-electron chi connectivity index (χ3n) is 4.33. The summed E-state index contributed by atoms with van der Waals surface area (Å²) in [5.74, 6) is 1.50. The van der Waals surface area contributed by atoms with Gasteiger partial charge >= 0.3 is 0 Å². The molecule has 0 radical (unpaired) electrons. The van der Waals surface area contributed by atoms with Gasteiger partial charge < -0.3 is 20.5 Å². The van der Waals surface area contributed by atoms with Gasteiger partial charge in [-0.3, -0.25) is 4.79 Å². The van der Waals surface area contributed by atoms with Gasteiger partial charge in [-0.05, 0) is 43.4 Å². The van der Waals surface area contributed by atoms with Crippen LogP contribution in [0.3, 0.4) is 0 Å². The molecule has 7 heteroatoms. The summed E-state index contributed by atoms with van der Waals surface area (Å²) < 4.78 is 11.1. The number of hydrogen-bond donors (Lipinski definition) is 2. The molecule has 25 heavy (non-hydrogen) atoms. The quantitative estimate of drug-likeness (QED) is 0.744. The monoisotopic (exact) mass is 390 g/mol. The summed E-state index contributed by atoms with van der Waals surface area (Å²) >= 11 is 6.31. The lowest BCUT2D eigenvalue weighted by molar-refractivity contribution is 0.0928. The minimum atomic E-state index is -0.157. The van der Waals surface area contributed by atoms with E-state index in [9.17, 15) is 4.79 Å². The molecule has 142 valence electrons. The van der Waals surface area contributed by atoms with E-state index in [0.717, 1.165) is 19.3 Å². The Bertz CT molecular complexity index is 582. The Morgan fingerprint density at radius 2 is 2.12 bits per heavy atom. The van der Waals surface area contributed by atoms with Crippen LogP contribution >= 0.6 is 24.0 Å². The van der Waals surface area contributed by atoms with Crippen molar-refractivity contribution in [1.29, 1.82) is 0 Å². The minimum absolute atomic E-state index is 0. The summed E-state index contributed by atoms with van der Waals surface area (Å²) in [4.78, 5) is 12.6. The van der Waals surface area contributed by atoms with E-state index in [4.69, 9.17) is 26.8 Å². The Balaban J connectivity index is 0.00000312. The first-order valence-electron chi connectivity index (χ1n) is 8.47. The van der Waals surface area contributed by atoms with Crippen LogP contribution in [0.5, 0.6) is 11.5 Å². The molecule has 1 amide bonds. The van der Waals surface area contributed by atoms with Crippen LogP contribution in [0.2, 0.25) is 5.02 Å². The zero-order valence-electron chi connectivity index (χ0n) is 15.0. The Kier molecular flexibility index (Phi) is 8.83. The van der Waals surface area contributed by atoms with Crippen LogP contribution in [0.15, 0.2) is 12.1 Å². The van der Waals surface area contributed by atoms with Crippen molar-refractivity contribution in [3.8, 4) is 11.5 Å². The van der Waals surface area contributed by atoms with E-state index in [-0.39, 0.29) is 24.4 Å². The molecule has 0 aromatic heterocycles. The molecule has 0 aliphatic heterocycles. The van der Waals surface area contributed by atoms with Crippen molar-refractivity contribution in [2.45, 2.75) is 39.2 Å². The molecule has 0 spiro atoms. The van der Waals surface area contributed by atoms with Gasteiger partial charge in [0.1, 0.15) is 0 Å². The standard InChI is InChI=1S/C18H27ClN2O3.ClH/c1-11(2)10-24-17-14(19)7-13(8-16(17)23-3)18(22)21-15-6-4-5-12(15)9-20;/h7-8,11-12,15H,4-6,9-10,20H2,1-3H3,(H,21,22);1H. The maximum Gasteiger partial charge on any atom is 0.251 e. The van der Waals surface area contributed by atoms with Crippen molar-refractivity contribution < 1.29 is 14.3 Å². The second kappa shape index (κ2) is 10.1. The Morgan fingerprint density at radius 3 is 2.72 bits per heavy atom. The third kappa shape index (κ3) is 5.66. The average molecular weight is 391 g/mol. The third-order valence-corrected chi connectivity index (χ3v) is 4.61. The van der Waals surface area contributed by atoms with Gasteiger partial charge in [0.2, 0.25) is 0 Å². The fourth-order valence-corrected chi connectivity index (χ4v) is 3.27. The summed E-state index contributed by atoms with van der Waals surface area (Å²) in [6.45, 7) is 5.23.